The summed E-state index contributed by atoms with van der Waals surface area (Å²) in [7, 11) is -2.66. The van der Waals surface area contributed by atoms with Crippen LogP contribution < -0.4 is 5.09 Å². The molecule has 1 N–H and O–H groups in total. The number of allylic oxidation sites excluding steroid dienone is 1. The minimum absolute atomic E-state index is 0.154. The summed E-state index contributed by atoms with van der Waals surface area (Å²) < 4.78 is 16.5. The minimum atomic E-state index is -2.66. The molecule has 0 saturated heterocycles. The van der Waals surface area contributed by atoms with Gasteiger partial charge < -0.3 is 9.30 Å². The summed E-state index contributed by atoms with van der Waals surface area (Å²) in [6.45, 7) is 8.65. The van der Waals surface area contributed by atoms with E-state index in [1.807, 2.05) is 6.92 Å². The first-order valence-corrected chi connectivity index (χ1v) is 6.91. The zero-order chi connectivity index (χ0) is 11.2. The Bertz CT molecular complexity index is 252. The number of hydrogen-bond acceptors (Lipinski definition) is 3. The summed E-state index contributed by atoms with van der Waals surface area (Å²) >= 11 is 0. The van der Waals surface area contributed by atoms with E-state index in [2.05, 4.69) is 11.7 Å². The number of carbonyl (C=O) groups excluding carboxylic acids is 1. The minimum Gasteiger partial charge on any atom is -0.446 e. The maximum absolute atomic E-state index is 11.6. The van der Waals surface area contributed by atoms with Crippen LogP contribution in [0.5, 0.6) is 0 Å². The molecule has 0 aromatic rings. The van der Waals surface area contributed by atoms with Gasteiger partial charge in [0.25, 0.3) is 0 Å². The third-order valence-electron chi connectivity index (χ3n) is 1.69. The standard InChI is InChI=1S/C9H18NO3P/c1-5-7-14(4,12)10-9(11)13-8(3)6-2/h5,8H,1,6-7H2,2-4H3,(H,10,11,12). The molecule has 0 radical (unpaired) electrons. The lowest BCUT2D eigenvalue weighted by molar-refractivity contribution is 0.110. The van der Waals surface area contributed by atoms with Crippen LogP contribution in [-0.4, -0.2) is 25.0 Å². The number of amides is 1. The SMILES string of the molecule is C=CCP(C)(=O)NC(=O)OC(C)CC. The van der Waals surface area contributed by atoms with Gasteiger partial charge in [-0.05, 0) is 13.3 Å². The van der Waals surface area contributed by atoms with E-state index in [0.29, 0.717) is 0 Å². The normalized spacial score (nSPS) is 16.5. The second-order valence-electron chi connectivity index (χ2n) is 3.31. The van der Waals surface area contributed by atoms with E-state index < -0.39 is 13.4 Å². The Labute approximate surface area is 85.1 Å². The molecule has 0 aliphatic rings. The Kier molecular flexibility index (Phi) is 5.55. The van der Waals surface area contributed by atoms with Gasteiger partial charge in [0.05, 0.1) is 0 Å². The average Bonchev–Trinajstić information content (AvgIpc) is 2.02. The number of nitrogens with one attached hydrogen (secondary N) is 1. The van der Waals surface area contributed by atoms with Crippen molar-refractivity contribution in [1.29, 1.82) is 0 Å². The average molecular weight is 219 g/mol. The van der Waals surface area contributed by atoms with E-state index in [1.165, 1.54) is 12.7 Å². The molecule has 0 heterocycles. The highest BCUT2D eigenvalue weighted by Gasteiger charge is 2.18. The predicted molar refractivity (Wildman–Crippen MR) is 58.0 cm³/mol. The summed E-state index contributed by atoms with van der Waals surface area (Å²) in [4.78, 5) is 11.2. The summed E-state index contributed by atoms with van der Waals surface area (Å²) in [5.41, 5.74) is 0. The molecule has 0 bridgehead atoms. The molecule has 0 aromatic carbocycles. The first-order chi connectivity index (χ1) is 6.41. The fourth-order valence-corrected chi connectivity index (χ4v) is 1.80. The fraction of sp³-hybridized carbons (Fsp3) is 0.667. The highest BCUT2D eigenvalue weighted by molar-refractivity contribution is 7.61. The molecule has 5 heteroatoms. The Balaban J connectivity index is 4.05. The molecule has 0 aliphatic heterocycles. The van der Waals surface area contributed by atoms with Gasteiger partial charge in [0.15, 0.2) is 7.29 Å². The third kappa shape index (κ3) is 5.81. The lowest BCUT2D eigenvalue weighted by atomic mass is 10.3. The Morgan fingerprint density at radius 1 is 1.71 bits per heavy atom. The summed E-state index contributed by atoms with van der Waals surface area (Å²) in [5, 5.41) is 2.35. The topological polar surface area (TPSA) is 55.4 Å². The van der Waals surface area contributed by atoms with Crippen LogP contribution in [0.4, 0.5) is 4.79 Å². The summed E-state index contributed by atoms with van der Waals surface area (Å²) in [6.07, 6.45) is 1.77. The van der Waals surface area contributed by atoms with E-state index >= 15 is 0 Å². The van der Waals surface area contributed by atoms with Crippen molar-refractivity contribution < 1.29 is 14.1 Å². The van der Waals surface area contributed by atoms with Crippen molar-refractivity contribution in [2.75, 3.05) is 12.8 Å². The molecule has 2 atom stereocenters. The summed E-state index contributed by atoms with van der Waals surface area (Å²) in [5.74, 6) is 0. The highest BCUT2D eigenvalue weighted by Crippen LogP contribution is 2.35. The van der Waals surface area contributed by atoms with Crippen molar-refractivity contribution in [2.45, 2.75) is 26.4 Å². The van der Waals surface area contributed by atoms with E-state index in [-0.39, 0.29) is 12.3 Å². The van der Waals surface area contributed by atoms with Gasteiger partial charge in [-0.25, -0.2) is 4.79 Å². The monoisotopic (exact) mass is 219 g/mol. The van der Waals surface area contributed by atoms with E-state index in [9.17, 15) is 9.36 Å². The van der Waals surface area contributed by atoms with Crippen LogP contribution in [0, 0.1) is 0 Å². The largest absolute Gasteiger partial charge is 0.446 e. The molecule has 0 rings (SSSR count). The van der Waals surface area contributed by atoms with Gasteiger partial charge in [0.2, 0.25) is 0 Å². The van der Waals surface area contributed by atoms with Crippen LogP contribution >= 0.6 is 7.29 Å². The van der Waals surface area contributed by atoms with Crippen molar-refractivity contribution in [3.05, 3.63) is 12.7 Å². The van der Waals surface area contributed by atoms with Crippen molar-refractivity contribution >= 4 is 13.4 Å². The number of hydrogen-bond donors (Lipinski definition) is 1. The first-order valence-electron chi connectivity index (χ1n) is 4.57. The van der Waals surface area contributed by atoms with E-state index in [0.717, 1.165) is 6.42 Å². The van der Waals surface area contributed by atoms with Crippen LogP contribution in [0.1, 0.15) is 20.3 Å². The van der Waals surface area contributed by atoms with Crippen LogP contribution in [-0.2, 0) is 9.30 Å². The lowest BCUT2D eigenvalue weighted by Gasteiger charge is -2.15. The highest BCUT2D eigenvalue weighted by atomic mass is 31.2. The second kappa shape index (κ2) is 5.86. The molecule has 14 heavy (non-hydrogen) atoms. The zero-order valence-electron chi connectivity index (χ0n) is 8.95. The number of ether oxygens (including phenoxy) is 1. The van der Waals surface area contributed by atoms with Gasteiger partial charge in [0.1, 0.15) is 6.10 Å². The van der Waals surface area contributed by atoms with Crippen LogP contribution in [0.3, 0.4) is 0 Å². The molecule has 0 saturated carbocycles. The molecule has 1 amide bonds. The smallest absolute Gasteiger partial charge is 0.412 e. The Morgan fingerprint density at radius 2 is 2.29 bits per heavy atom. The zero-order valence-corrected chi connectivity index (χ0v) is 9.84. The van der Waals surface area contributed by atoms with E-state index in [4.69, 9.17) is 4.74 Å². The Morgan fingerprint density at radius 3 is 2.71 bits per heavy atom. The van der Waals surface area contributed by atoms with Crippen LogP contribution in [0.2, 0.25) is 0 Å². The molecule has 4 nitrogen and oxygen atoms in total. The van der Waals surface area contributed by atoms with E-state index in [1.54, 1.807) is 6.92 Å². The first kappa shape index (κ1) is 13.2. The third-order valence-corrected chi connectivity index (χ3v) is 3.30. The van der Waals surface area contributed by atoms with Crippen LogP contribution in [0.15, 0.2) is 12.7 Å². The number of carbonyl (C=O) groups is 1. The molecule has 0 fully saturated rings. The van der Waals surface area contributed by atoms with Gasteiger partial charge >= 0.3 is 6.09 Å². The molecule has 0 aliphatic carbocycles. The maximum Gasteiger partial charge on any atom is 0.412 e. The van der Waals surface area contributed by atoms with Crippen molar-refractivity contribution in [1.82, 2.24) is 5.09 Å². The maximum atomic E-state index is 11.6. The van der Waals surface area contributed by atoms with Crippen molar-refractivity contribution in [3.63, 3.8) is 0 Å². The van der Waals surface area contributed by atoms with Crippen LogP contribution in [0.25, 0.3) is 0 Å². The predicted octanol–water partition coefficient (Wildman–Crippen LogP) is 2.61. The lowest BCUT2D eigenvalue weighted by Crippen LogP contribution is -2.25. The van der Waals surface area contributed by atoms with Gasteiger partial charge in [-0.2, -0.15) is 0 Å². The Hall–Kier alpha value is -0.760. The molecule has 0 spiro atoms. The molecule has 82 valence electrons. The van der Waals surface area contributed by atoms with Crippen molar-refractivity contribution in [3.8, 4) is 0 Å². The summed E-state index contributed by atoms with van der Waals surface area (Å²) in [6, 6.07) is 0. The quantitative estimate of drug-likeness (QED) is 0.571. The van der Waals surface area contributed by atoms with Gasteiger partial charge in [-0.3, -0.25) is 5.09 Å². The van der Waals surface area contributed by atoms with Crippen molar-refractivity contribution in [2.24, 2.45) is 0 Å². The van der Waals surface area contributed by atoms with Gasteiger partial charge in [0, 0.05) is 12.8 Å². The molecular weight excluding hydrogens is 201 g/mol. The van der Waals surface area contributed by atoms with Gasteiger partial charge in [-0.1, -0.05) is 13.0 Å². The van der Waals surface area contributed by atoms with Gasteiger partial charge in [-0.15, -0.1) is 6.58 Å². The number of rotatable bonds is 5. The molecular formula is C9H18NO3P. The molecule has 2 unspecified atom stereocenters. The molecule has 0 aromatic heterocycles. The second-order valence-corrected chi connectivity index (χ2v) is 6.10. The fourth-order valence-electron chi connectivity index (χ4n) is 0.778.